The van der Waals surface area contributed by atoms with Crippen molar-refractivity contribution < 1.29 is 54.9 Å². The number of aromatic nitrogens is 3. The third-order valence-corrected chi connectivity index (χ3v) is 6.16. The fourth-order valence-electron chi connectivity index (χ4n) is 3.64. The Kier molecular flexibility index (Phi) is 9.09. The van der Waals surface area contributed by atoms with Gasteiger partial charge in [0.15, 0.2) is 5.69 Å². The summed E-state index contributed by atoms with van der Waals surface area (Å²) >= 11 is 1.58. The minimum Gasteiger partial charge on any atom is -0.465 e. The van der Waals surface area contributed by atoms with Crippen LogP contribution in [-0.4, -0.2) is 44.8 Å². The van der Waals surface area contributed by atoms with Crippen molar-refractivity contribution >= 4 is 34.4 Å². The molecule has 0 radical (unpaired) electrons. The number of carbonyl (C=O) groups is 1. The van der Waals surface area contributed by atoms with E-state index in [2.05, 4.69) is 21.8 Å². The molecule has 2 heterocycles. The van der Waals surface area contributed by atoms with Gasteiger partial charge in [-0.05, 0) is 59.7 Å². The molecule has 2 atom stereocenters. The number of anilines is 1. The lowest BCUT2D eigenvalue weighted by Crippen LogP contribution is -2.44. The standard InChI is InChI=1S/C23H18F7IN4O5/c1-3-4-5-15(39-2)16-12(22(25,26)27)9-14(32-20(36)37)17(33-16)18-34-35-19(40-18)21(38,23(28,29)30)11-8-10(31)6-7-13(11)24/h3,6-9,15,32,38H,1,4-5H2,2H3,(H,36,37). The highest BCUT2D eigenvalue weighted by Gasteiger charge is 2.61. The molecule has 2 aromatic heterocycles. The lowest BCUT2D eigenvalue weighted by atomic mass is 9.92. The van der Waals surface area contributed by atoms with Crippen LogP contribution in [0.15, 0.2) is 41.3 Å². The molecule has 0 aliphatic carbocycles. The van der Waals surface area contributed by atoms with Gasteiger partial charge in [-0.15, -0.1) is 16.8 Å². The fraction of sp³-hybridized carbons (Fsp3) is 0.304. The number of pyridine rings is 1. The number of methoxy groups -OCH3 is 1. The SMILES string of the molecule is C=CCCC(OC)c1nc(-c2nnc(C(O)(c3cc(I)ccc3F)C(F)(F)F)o2)c(NC(=O)O)cc1C(F)(F)F. The number of carboxylic acid groups (broad SMARTS) is 1. The van der Waals surface area contributed by atoms with Crippen LogP contribution in [0.5, 0.6) is 0 Å². The highest BCUT2D eigenvalue weighted by atomic mass is 127. The molecule has 0 spiro atoms. The summed E-state index contributed by atoms with van der Waals surface area (Å²) in [5.74, 6) is -4.09. The molecule has 40 heavy (non-hydrogen) atoms. The van der Waals surface area contributed by atoms with E-state index in [0.717, 1.165) is 13.2 Å². The molecule has 0 saturated heterocycles. The number of benzene rings is 1. The van der Waals surface area contributed by atoms with E-state index in [0.29, 0.717) is 18.2 Å². The fourth-order valence-corrected chi connectivity index (χ4v) is 4.13. The molecule has 3 N–H and O–H groups in total. The number of alkyl halides is 6. The maximum absolute atomic E-state index is 14.5. The summed E-state index contributed by atoms with van der Waals surface area (Å²) in [7, 11) is 1.09. The lowest BCUT2D eigenvalue weighted by Gasteiger charge is -2.27. The quantitative estimate of drug-likeness (QED) is 0.133. The molecule has 1 aromatic carbocycles. The van der Waals surface area contributed by atoms with Crippen molar-refractivity contribution in [2.24, 2.45) is 0 Å². The summed E-state index contributed by atoms with van der Waals surface area (Å²) < 4.78 is 109. The van der Waals surface area contributed by atoms with E-state index in [1.165, 1.54) is 6.08 Å². The first-order valence-corrected chi connectivity index (χ1v) is 12.0. The van der Waals surface area contributed by atoms with Crippen molar-refractivity contribution in [2.75, 3.05) is 12.4 Å². The van der Waals surface area contributed by atoms with Gasteiger partial charge in [0.05, 0.1) is 23.0 Å². The number of nitrogens with zero attached hydrogens (tertiary/aromatic N) is 3. The number of halogens is 8. The van der Waals surface area contributed by atoms with Crippen LogP contribution >= 0.6 is 22.6 Å². The Morgan fingerprint density at radius 1 is 1.20 bits per heavy atom. The molecular weight excluding hydrogens is 672 g/mol. The van der Waals surface area contributed by atoms with Crippen molar-refractivity contribution in [3.05, 3.63) is 69.0 Å². The number of amides is 1. The van der Waals surface area contributed by atoms with Gasteiger partial charge in [-0.2, -0.15) is 26.3 Å². The molecule has 2 unspecified atom stereocenters. The average Bonchev–Trinajstić information content (AvgIpc) is 3.34. The van der Waals surface area contributed by atoms with E-state index in [4.69, 9.17) is 14.3 Å². The van der Waals surface area contributed by atoms with E-state index in [-0.39, 0.29) is 16.4 Å². The zero-order valence-electron chi connectivity index (χ0n) is 20.1. The summed E-state index contributed by atoms with van der Waals surface area (Å²) in [4.78, 5) is 15.1. The molecular formula is C23H18F7IN4O5. The smallest absolute Gasteiger partial charge is 0.430 e. The van der Waals surface area contributed by atoms with Gasteiger partial charge in [0, 0.05) is 16.2 Å². The van der Waals surface area contributed by atoms with E-state index in [9.17, 15) is 40.6 Å². The maximum Gasteiger partial charge on any atom is 0.430 e. The van der Waals surface area contributed by atoms with Crippen molar-refractivity contribution in [3.63, 3.8) is 0 Å². The maximum atomic E-state index is 14.5. The second-order valence-electron chi connectivity index (χ2n) is 8.08. The molecule has 17 heteroatoms. The Morgan fingerprint density at radius 2 is 1.88 bits per heavy atom. The number of hydrogen-bond acceptors (Lipinski definition) is 7. The van der Waals surface area contributed by atoms with Crippen LogP contribution in [0, 0.1) is 9.39 Å². The van der Waals surface area contributed by atoms with Crippen LogP contribution in [0.2, 0.25) is 0 Å². The van der Waals surface area contributed by atoms with Crippen molar-refractivity contribution in [3.8, 4) is 11.6 Å². The van der Waals surface area contributed by atoms with Gasteiger partial charge in [-0.3, -0.25) is 5.32 Å². The third-order valence-electron chi connectivity index (χ3n) is 5.49. The molecule has 9 nitrogen and oxygen atoms in total. The number of rotatable bonds is 9. The Bertz CT molecular complexity index is 1410. The van der Waals surface area contributed by atoms with Crippen LogP contribution in [-0.2, 0) is 16.5 Å². The Hall–Kier alpha value is -3.32. The minimum absolute atomic E-state index is 0.0595. The predicted molar refractivity (Wildman–Crippen MR) is 132 cm³/mol. The van der Waals surface area contributed by atoms with Gasteiger partial charge in [-0.1, -0.05) is 6.08 Å². The number of allylic oxidation sites excluding steroid dienone is 1. The van der Waals surface area contributed by atoms with Gasteiger partial charge in [0.25, 0.3) is 17.4 Å². The number of ether oxygens (including phenoxy) is 1. The van der Waals surface area contributed by atoms with Crippen LogP contribution in [0.25, 0.3) is 11.6 Å². The van der Waals surface area contributed by atoms with Crippen molar-refractivity contribution in [1.29, 1.82) is 0 Å². The largest absolute Gasteiger partial charge is 0.465 e. The van der Waals surface area contributed by atoms with Gasteiger partial charge in [0.2, 0.25) is 0 Å². The van der Waals surface area contributed by atoms with Crippen molar-refractivity contribution in [2.45, 2.75) is 36.9 Å². The van der Waals surface area contributed by atoms with Crippen LogP contribution in [0.4, 0.5) is 41.2 Å². The first-order valence-electron chi connectivity index (χ1n) is 10.9. The van der Waals surface area contributed by atoms with Crippen LogP contribution in [0.1, 0.15) is 41.7 Å². The minimum atomic E-state index is -5.63. The van der Waals surface area contributed by atoms with E-state index in [1.54, 1.807) is 27.9 Å². The molecule has 0 aliphatic rings. The summed E-state index contributed by atoms with van der Waals surface area (Å²) in [5, 5.41) is 28.1. The van der Waals surface area contributed by atoms with Crippen LogP contribution in [0.3, 0.4) is 0 Å². The van der Waals surface area contributed by atoms with Gasteiger partial charge < -0.3 is 19.4 Å². The summed E-state index contributed by atoms with van der Waals surface area (Å²) in [6.45, 7) is 3.48. The Labute approximate surface area is 234 Å². The van der Waals surface area contributed by atoms with E-state index >= 15 is 0 Å². The summed E-state index contributed by atoms with van der Waals surface area (Å²) in [6, 6.07) is 2.82. The highest BCUT2D eigenvalue weighted by molar-refractivity contribution is 14.1. The first-order chi connectivity index (χ1) is 18.5. The zero-order valence-corrected chi connectivity index (χ0v) is 22.2. The first kappa shape index (κ1) is 31.2. The monoisotopic (exact) mass is 690 g/mol. The summed E-state index contributed by atoms with van der Waals surface area (Å²) in [6.07, 6.45) is -12.4. The normalized spacial score (nSPS) is 14.4. The molecule has 0 aliphatic heterocycles. The number of hydrogen-bond donors (Lipinski definition) is 3. The zero-order chi connectivity index (χ0) is 30.0. The predicted octanol–water partition coefficient (Wildman–Crippen LogP) is 6.44. The van der Waals surface area contributed by atoms with Gasteiger partial charge >= 0.3 is 18.4 Å². The van der Waals surface area contributed by atoms with Crippen LogP contribution < -0.4 is 5.32 Å². The Morgan fingerprint density at radius 3 is 2.42 bits per heavy atom. The molecule has 0 saturated carbocycles. The topological polar surface area (TPSA) is 131 Å². The molecule has 1 amide bonds. The van der Waals surface area contributed by atoms with Gasteiger partial charge in [0.1, 0.15) is 5.82 Å². The number of nitrogens with one attached hydrogen (secondary N) is 1. The second-order valence-corrected chi connectivity index (χ2v) is 9.33. The second kappa shape index (κ2) is 11.7. The van der Waals surface area contributed by atoms with Gasteiger partial charge in [-0.25, -0.2) is 14.2 Å². The molecule has 0 bridgehead atoms. The Balaban J connectivity index is 2.31. The average molecular weight is 690 g/mol. The van der Waals surface area contributed by atoms with E-state index in [1.807, 2.05) is 0 Å². The molecule has 216 valence electrons. The molecule has 3 rings (SSSR count). The molecule has 3 aromatic rings. The third kappa shape index (κ3) is 6.20. The van der Waals surface area contributed by atoms with E-state index < -0.39 is 76.0 Å². The summed E-state index contributed by atoms with van der Waals surface area (Å²) in [5.41, 5.74) is -9.36. The highest BCUT2D eigenvalue weighted by Crippen LogP contribution is 2.46. The lowest BCUT2D eigenvalue weighted by molar-refractivity contribution is -0.256. The number of aliphatic hydroxyl groups is 1. The van der Waals surface area contributed by atoms with Crippen molar-refractivity contribution in [1.82, 2.24) is 15.2 Å². The molecule has 0 fully saturated rings.